The number of likely N-dealkylation sites (tertiary alicyclic amines) is 1. The molecule has 2 fully saturated rings. The van der Waals surface area contributed by atoms with Gasteiger partial charge in [0.05, 0.1) is 19.7 Å². The van der Waals surface area contributed by atoms with Crippen LogP contribution in [0, 0.1) is 0 Å². The molecule has 0 atom stereocenters. The Morgan fingerprint density at radius 3 is 2.77 bits per heavy atom. The minimum Gasteiger partial charge on any atom is -0.383 e. The van der Waals surface area contributed by atoms with Gasteiger partial charge in [-0.3, -0.25) is 9.69 Å². The predicted molar refractivity (Wildman–Crippen MR) is 96.8 cm³/mol. The molecule has 5 amide bonds. The van der Waals surface area contributed by atoms with E-state index in [1.54, 1.807) is 28.2 Å². The van der Waals surface area contributed by atoms with Gasteiger partial charge in [-0.05, 0) is 24.3 Å². The normalized spacial score (nSPS) is 18.7. The predicted octanol–water partition coefficient (Wildman–Crippen LogP) is 1.33. The lowest BCUT2D eigenvalue weighted by molar-refractivity contribution is -0.125. The van der Waals surface area contributed by atoms with Gasteiger partial charge in [0.2, 0.25) is 5.91 Å². The van der Waals surface area contributed by atoms with Crippen LogP contribution in [0.2, 0.25) is 0 Å². The van der Waals surface area contributed by atoms with Crippen LogP contribution in [-0.2, 0) is 16.1 Å². The SMILES string of the molecule is COCCN1C(=O)CN(C2CCN(C(=O)NCc3cccs3)CC2)C1=O. The number of carbonyl (C=O) groups is 3. The molecule has 2 saturated heterocycles. The van der Waals surface area contributed by atoms with E-state index in [0.29, 0.717) is 39.1 Å². The fourth-order valence-corrected chi connectivity index (χ4v) is 3.96. The Morgan fingerprint density at radius 2 is 2.12 bits per heavy atom. The van der Waals surface area contributed by atoms with E-state index < -0.39 is 0 Å². The van der Waals surface area contributed by atoms with Gasteiger partial charge in [-0.2, -0.15) is 0 Å². The number of urea groups is 2. The van der Waals surface area contributed by atoms with E-state index in [4.69, 9.17) is 4.74 Å². The second-order valence-corrected chi connectivity index (χ2v) is 7.44. The molecule has 3 rings (SSSR count). The van der Waals surface area contributed by atoms with Gasteiger partial charge in [-0.15, -0.1) is 11.3 Å². The summed E-state index contributed by atoms with van der Waals surface area (Å²) >= 11 is 1.61. The number of ether oxygens (including phenoxy) is 1. The highest BCUT2D eigenvalue weighted by atomic mass is 32.1. The lowest BCUT2D eigenvalue weighted by Gasteiger charge is -2.36. The van der Waals surface area contributed by atoms with Gasteiger partial charge in [0.15, 0.2) is 0 Å². The van der Waals surface area contributed by atoms with Crippen LogP contribution in [0.4, 0.5) is 9.59 Å². The zero-order valence-electron chi connectivity index (χ0n) is 14.8. The van der Waals surface area contributed by atoms with E-state index in [1.165, 1.54) is 4.90 Å². The maximum absolute atomic E-state index is 12.5. The first kappa shape index (κ1) is 18.7. The number of amides is 5. The van der Waals surface area contributed by atoms with Gasteiger partial charge in [-0.1, -0.05) is 6.07 Å². The maximum Gasteiger partial charge on any atom is 0.327 e. The zero-order valence-corrected chi connectivity index (χ0v) is 15.7. The average molecular weight is 380 g/mol. The van der Waals surface area contributed by atoms with E-state index in [1.807, 2.05) is 17.5 Å². The van der Waals surface area contributed by atoms with Gasteiger partial charge >= 0.3 is 12.1 Å². The van der Waals surface area contributed by atoms with Crippen molar-refractivity contribution in [2.24, 2.45) is 0 Å². The molecule has 1 N–H and O–H groups in total. The summed E-state index contributed by atoms with van der Waals surface area (Å²) in [6, 6.07) is 3.63. The Bertz CT molecular complexity index is 643. The van der Waals surface area contributed by atoms with E-state index in [9.17, 15) is 14.4 Å². The highest BCUT2D eigenvalue weighted by Crippen LogP contribution is 2.22. The molecule has 2 aliphatic heterocycles. The number of imide groups is 1. The molecule has 26 heavy (non-hydrogen) atoms. The van der Waals surface area contributed by atoms with Crippen molar-refractivity contribution < 1.29 is 19.1 Å². The molecule has 0 unspecified atom stereocenters. The molecule has 0 radical (unpaired) electrons. The molecule has 2 aliphatic rings. The first-order valence-corrected chi connectivity index (χ1v) is 9.63. The Labute approximate surface area is 156 Å². The third-order valence-electron chi connectivity index (χ3n) is 4.79. The Morgan fingerprint density at radius 1 is 1.35 bits per heavy atom. The van der Waals surface area contributed by atoms with E-state index in [-0.39, 0.29) is 37.1 Å². The molecular formula is C17H24N4O4S. The highest BCUT2D eigenvalue weighted by molar-refractivity contribution is 7.09. The molecule has 0 aliphatic carbocycles. The quantitative estimate of drug-likeness (QED) is 0.755. The number of methoxy groups -OCH3 is 1. The second-order valence-electron chi connectivity index (χ2n) is 6.40. The molecule has 1 aromatic heterocycles. The Hall–Kier alpha value is -2.13. The minimum atomic E-state index is -0.243. The number of hydrogen-bond donors (Lipinski definition) is 1. The highest BCUT2D eigenvalue weighted by Gasteiger charge is 2.40. The van der Waals surface area contributed by atoms with Crippen molar-refractivity contribution in [2.45, 2.75) is 25.4 Å². The number of thiophene rings is 1. The molecule has 0 bridgehead atoms. The summed E-state index contributed by atoms with van der Waals surface area (Å²) in [5.41, 5.74) is 0. The van der Waals surface area contributed by atoms with Crippen LogP contribution in [0.1, 0.15) is 17.7 Å². The zero-order chi connectivity index (χ0) is 18.5. The van der Waals surface area contributed by atoms with Crippen LogP contribution in [0.3, 0.4) is 0 Å². The number of nitrogens with zero attached hydrogens (tertiary/aromatic N) is 3. The summed E-state index contributed by atoms with van der Waals surface area (Å²) in [7, 11) is 1.54. The Kier molecular flexibility index (Phi) is 6.10. The van der Waals surface area contributed by atoms with Crippen molar-refractivity contribution >= 4 is 29.3 Å². The summed E-state index contributed by atoms with van der Waals surface area (Å²) in [4.78, 5) is 42.6. The number of rotatable bonds is 6. The third kappa shape index (κ3) is 4.16. The van der Waals surface area contributed by atoms with Gasteiger partial charge in [0.25, 0.3) is 0 Å². The summed E-state index contributed by atoms with van der Waals surface area (Å²) in [6.07, 6.45) is 1.37. The smallest absolute Gasteiger partial charge is 0.327 e. The van der Waals surface area contributed by atoms with E-state index >= 15 is 0 Å². The van der Waals surface area contributed by atoms with Crippen molar-refractivity contribution in [3.63, 3.8) is 0 Å². The fourth-order valence-electron chi connectivity index (χ4n) is 3.32. The molecule has 142 valence electrons. The van der Waals surface area contributed by atoms with Crippen molar-refractivity contribution in [1.82, 2.24) is 20.0 Å². The monoisotopic (exact) mass is 380 g/mol. The van der Waals surface area contributed by atoms with Gasteiger partial charge in [-0.25, -0.2) is 9.59 Å². The average Bonchev–Trinajstić information content (AvgIpc) is 3.27. The molecule has 0 aromatic carbocycles. The summed E-state index contributed by atoms with van der Waals surface area (Å²) < 4.78 is 4.96. The summed E-state index contributed by atoms with van der Waals surface area (Å²) in [5.74, 6) is -0.178. The lowest BCUT2D eigenvalue weighted by atomic mass is 10.0. The van der Waals surface area contributed by atoms with Crippen LogP contribution in [-0.4, -0.2) is 78.6 Å². The number of nitrogens with one attached hydrogen (secondary N) is 1. The molecule has 0 saturated carbocycles. The van der Waals surface area contributed by atoms with Gasteiger partial charge < -0.3 is 19.9 Å². The summed E-state index contributed by atoms with van der Waals surface area (Å²) in [5, 5.41) is 4.91. The molecule has 9 heteroatoms. The topological polar surface area (TPSA) is 82.2 Å². The molecule has 0 spiro atoms. The number of hydrogen-bond acceptors (Lipinski definition) is 5. The molecular weight excluding hydrogens is 356 g/mol. The number of piperidine rings is 1. The number of carbonyl (C=O) groups excluding carboxylic acids is 3. The largest absolute Gasteiger partial charge is 0.383 e. The second kappa shape index (κ2) is 8.50. The van der Waals surface area contributed by atoms with Crippen LogP contribution >= 0.6 is 11.3 Å². The van der Waals surface area contributed by atoms with Gasteiger partial charge in [0.1, 0.15) is 6.54 Å². The molecule has 8 nitrogen and oxygen atoms in total. The van der Waals surface area contributed by atoms with Crippen LogP contribution < -0.4 is 5.32 Å². The Balaban J connectivity index is 1.46. The maximum atomic E-state index is 12.5. The van der Waals surface area contributed by atoms with E-state index in [2.05, 4.69) is 5.32 Å². The standard InChI is InChI=1S/C17H24N4O4S/c1-25-9-8-20-15(22)12-21(17(20)24)13-4-6-19(7-5-13)16(23)18-11-14-3-2-10-26-14/h2-3,10,13H,4-9,11-12H2,1H3,(H,18,23). The molecule has 3 heterocycles. The third-order valence-corrected chi connectivity index (χ3v) is 5.67. The van der Waals surface area contributed by atoms with E-state index in [0.717, 1.165) is 4.88 Å². The lowest BCUT2D eigenvalue weighted by Crippen LogP contribution is -2.50. The summed E-state index contributed by atoms with van der Waals surface area (Å²) in [6.45, 7) is 2.44. The van der Waals surface area contributed by atoms with Crippen LogP contribution in [0.15, 0.2) is 17.5 Å². The van der Waals surface area contributed by atoms with Crippen LogP contribution in [0.25, 0.3) is 0 Å². The first-order valence-electron chi connectivity index (χ1n) is 8.75. The van der Waals surface area contributed by atoms with Crippen LogP contribution in [0.5, 0.6) is 0 Å². The van der Waals surface area contributed by atoms with Crippen molar-refractivity contribution in [3.05, 3.63) is 22.4 Å². The first-order chi connectivity index (χ1) is 12.6. The molecule has 1 aromatic rings. The minimum absolute atomic E-state index is 0.000316. The van der Waals surface area contributed by atoms with Gasteiger partial charge in [0, 0.05) is 31.1 Å². The van der Waals surface area contributed by atoms with Crippen molar-refractivity contribution in [3.8, 4) is 0 Å². The fraction of sp³-hybridized carbons (Fsp3) is 0.588. The van der Waals surface area contributed by atoms with Crippen molar-refractivity contribution in [2.75, 3.05) is 39.9 Å². The van der Waals surface area contributed by atoms with Crippen molar-refractivity contribution in [1.29, 1.82) is 0 Å².